The monoisotopic (exact) mass is 436 g/mol. The van der Waals surface area contributed by atoms with E-state index >= 15 is 0 Å². The van der Waals surface area contributed by atoms with Gasteiger partial charge in [-0.2, -0.15) is 0 Å². The van der Waals surface area contributed by atoms with E-state index in [2.05, 4.69) is 15.6 Å². The number of imidazole rings is 1. The van der Waals surface area contributed by atoms with Crippen molar-refractivity contribution in [1.29, 1.82) is 0 Å². The number of ether oxygens (including phenoxy) is 1. The summed E-state index contributed by atoms with van der Waals surface area (Å²) in [6, 6.07) is 15.9. The van der Waals surface area contributed by atoms with E-state index in [0.29, 0.717) is 6.61 Å². The molecular formula is C21H26Cl2N4O2. The molecule has 6 nitrogen and oxygen atoms in total. The van der Waals surface area contributed by atoms with Crippen molar-refractivity contribution >= 4 is 47.4 Å². The molecule has 156 valence electrons. The number of fused-ring (bicyclic) bond motifs is 1. The summed E-state index contributed by atoms with van der Waals surface area (Å²) in [7, 11) is 1.65. The number of piperidine rings is 1. The molecule has 0 aliphatic carbocycles. The van der Waals surface area contributed by atoms with E-state index in [4.69, 9.17) is 4.74 Å². The van der Waals surface area contributed by atoms with Gasteiger partial charge in [-0.3, -0.25) is 9.36 Å². The lowest BCUT2D eigenvalue weighted by Gasteiger charge is -2.35. The smallest absolute Gasteiger partial charge is 0.233 e. The van der Waals surface area contributed by atoms with Gasteiger partial charge >= 0.3 is 0 Å². The summed E-state index contributed by atoms with van der Waals surface area (Å²) in [6.45, 7) is 2.12. The van der Waals surface area contributed by atoms with Gasteiger partial charge in [-0.05, 0) is 62.3 Å². The van der Waals surface area contributed by atoms with Gasteiger partial charge in [0.2, 0.25) is 5.91 Å². The van der Waals surface area contributed by atoms with Crippen LogP contribution in [0.5, 0.6) is 0 Å². The maximum absolute atomic E-state index is 12.9. The van der Waals surface area contributed by atoms with Crippen LogP contribution >= 0.6 is 24.8 Å². The Kier molecular flexibility index (Phi) is 8.05. The molecule has 1 aromatic heterocycles. The number of nitrogens with zero attached hydrogens (tertiary/aromatic N) is 2. The van der Waals surface area contributed by atoms with Gasteiger partial charge in [0.05, 0.1) is 23.1 Å². The molecule has 0 radical (unpaired) electrons. The molecular weight excluding hydrogens is 411 g/mol. The molecule has 0 saturated carbocycles. The van der Waals surface area contributed by atoms with Gasteiger partial charge in [0.25, 0.3) is 0 Å². The zero-order chi connectivity index (χ0) is 18.7. The number of anilines is 1. The third-order valence-electron chi connectivity index (χ3n) is 5.32. The highest BCUT2D eigenvalue weighted by atomic mass is 35.5. The number of carbonyl (C=O) groups excluding carboxylic acids is 1. The minimum Gasteiger partial charge on any atom is -0.384 e. The number of methoxy groups -OCH3 is 1. The molecule has 1 amide bonds. The van der Waals surface area contributed by atoms with Crippen LogP contribution < -0.4 is 10.6 Å². The molecule has 3 aromatic rings. The molecule has 1 aliphatic rings. The van der Waals surface area contributed by atoms with Crippen LogP contribution in [0.4, 0.5) is 5.69 Å². The first-order valence-corrected chi connectivity index (χ1v) is 9.25. The van der Waals surface area contributed by atoms with Crippen molar-refractivity contribution in [2.45, 2.75) is 12.8 Å². The molecule has 2 N–H and O–H groups in total. The Balaban J connectivity index is 0.00000150. The third-order valence-corrected chi connectivity index (χ3v) is 5.32. The zero-order valence-electron chi connectivity index (χ0n) is 16.3. The van der Waals surface area contributed by atoms with Crippen LogP contribution in [-0.2, 0) is 9.53 Å². The van der Waals surface area contributed by atoms with Gasteiger partial charge < -0.3 is 15.4 Å². The van der Waals surface area contributed by atoms with Gasteiger partial charge in [-0.25, -0.2) is 4.98 Å². The Labute approximate surface area is 182 Å². The van der Waals surface area contributed by atoms with Crippen LogP contribution in [0.2, 0.25) is 0 Å². The summed E-state index contributed by atoms with van der Waals surface area (Å²) in [4.78, 5) is 17.4. The van der Waals surface area contributed by atoms with Crippen molar-refractivity contribution in [3.05, 3.63) is 54.9 Å². The average Bonchev–Trinajstić information content (AvgIpc) is 3.14. The van der Waals surface area contributed by atoms with Gasteiger partial charge in [0.15, 0.2) is 0 Å². The van der Waals surface area contributed by atoms with Crippen molar-refractivity contribution in [3.63, 3.8) is 0 Å². The summed E-state index contributed by atoms with van der Waals surface area (Å²) in [5.41, 5.74) is 3.36. The highest BCUT2D eigenvalue weighted by molar-refractivity contribution is 5.95. The molecule has 0 unspecified atom stereocenters. The van der Waals surface area contributed by atoms with Gasteiger partial charge in [0.1, 0.15) is 6.33 Å². The summed E-state index contributed by atoms with van der Waals surface area (Å²) in [5.74, 6) is 0.0340. The number of halogens is 2. The number of benzene rings is 2. The molecule has 8 heteroatoms. The van der Waals surface area contributed by atoms with E-state index in [1.165, 1.54) is 0 Å². The normalized spacial score (nSPS) is 15.2. The molecule has 2 heterocycles. The quantitative estimate of drug-likeness (QED) is 0.637. The fraction of sp³-hybridized carbons (Fsp3) is 0.333. The number of amides is 1. The van der Waals surface area contributed by atoms with Crippen molar-refractivity contribution in [2.24, 2.45) is 5.41 Å². The fourth-order valence-corrected chi connectivity index (χ4v) is 3.75. The maximum Gasteiger partial charge on any atom is 0.233 e. The first-order chi connectivity index (χ1) is 13.2. The minimum absolute atomic E-state index is 0. The standard InChI is InChI=1S/C21H24N4O2.2ClH/c1-27-14-21(10-12-22-13-11-21)20(26)24-16-6-8-17(9-7-16)25-15-23-18-4-2-3-5-19(18)25;;/h2-9,15,22H,10-14H2,1H3,(H,24,26);2*1H. The Morgan fingerprint density at radius 2 is 1.83 bits per heavy atom. The number of hydrogen-bond acceptors (Lipinski definition) is 4. The van der Waals surface area contributed by atoms with Crippen LogP contribution in [-0.4, -0.2) is 42.3 Å². The first kappa shape index (κ1) is 23.2. The molecule has 29 heavy (non-hydrogen) atoms. The molecule has 1 saturated heterocycles. The van der Waals surface area contributed by atoms with Crippen LogP contribution in [0.1, 0.15) is 12.8 Å². The van der Waals surface area contributed by atoms with Crippen molar-refractivity contribution < 1.29 is 9.53 Å². The second kappa shape index (κ2) is 10.1. The molecule has 0 bridgehead atoms. The minimum atomic E-state index is -0.459. The largest absolute Gasteiger partial charge is 0.384 e. The van der Waals surface area contributed by atoms with E-state index in [1.807, 2.05) is 59.4 Å². The SMILES string of the molecule is COCC1(C(=O)Nc2ccc(-n3cnc4ccccc43)cc2)CCNCC1.Cl.Cl. The summed E-state index contributed by atoms with van der Waals surface area (Å²) in [5, 5.41) is 6.39. The number of para-hydroxylation sites is 2. The van der Waals surface area contributed by atoms with E-state index in [1.54, 1.807) is 7.11 Å². The molecule has 2 aromatic carbocycles. The number of rotatable bonds is 5. The summed E-state index contributed by atoms with van der Waals surface area (Å²) in [6.07, 6.45) is 3.39. The number of aromatic nitrogens is 2. The van der Waals surface area contributed by atoms with E-state index < -0.39 is 5.41 Å². The molecule has 1 aliphatic heterocycles. The van der Waals surface area contributed by atoms with Gasteiger partial charge in [0, 0.05) is 18.5 Å². The third kappa shape index (κ3) is 4.73. The Morgan fingerprint density at radius 3 is 2.52 bits per heavy atom. The molecule has 0 atom stereocenters. The van der Waals surface area contributed by atoms with Crippen LogP contribution in [0, 0.1) is 5.41 Å². The van der Waals surface area contributed by atoms with E-state index in [0.717, 1.165) is 48.3 Å². The lowest BCUT2D eigenvalue weighted by Crippen LogP contribution is -2.47. The highest BCUT2D eigenvalue weighted by Gasteiger charge is 2.39. The number of hydrogen-bond donors (Lipinski definition) is 2. The van der Waals surface area contributed by atoms with Gasteiger partial charge in [-0.1, -0.05) is 12.1 Å². The second-order valence-electron chi connectivity index (χ2n) is 7.07. The van der Waals surface area contributed by atoms with Crippen molar-refractivity contribution in [1.82, 2.24) is 14.9 Å². The van der Waals surface area contributed by atoms with Crippen molar-refractivity contribution in [2.75, 3.05) is 32.1 Å². The predicted molar refractivity (Wildman–Crippen MR) is 121 cm³/mol. The summed E-state index contributed by atoms with van der Waals surface area (Å²) < 4.78 is 7.40. The fourth-order valence-electron chi connectivity index (χ4n) is 3.75. The average molecular weight is 437 g/mol. The lowest BCUT2D eigenvalue weighted by molar-refractivity contribution is -0.130. The van der Waals surface area contributed by atoms with Crippen LogP contribution in [0.3, 0.4) is 0 Å². The highest BCUT2D eigenvalue weighted by Crippen LogP contribution is 2.31. The van der Waals surface area contributed by atoms with E-state index in [9.17, 15) is 4.79 Å². The van der Waals surface area contributed by atoms with E-state index in [-0.39, 0.29) is 30.7 Å². The molecule has 0 spiro atoms. The summed E-state index contributed by atoms with van der Waals surface area (Å²) >= 11 is 0. The Bertz CT molecular complexity index is 932. The second-order valence-corrected chi connectivity index (χ2v) is 7.07. The Morgan fingerprint density at radius 1 is 1.14 bits per heavy atom. The van der Waals surface area contributed by atoms with Crippen LogP contribution in [0.15, 0.2) is 54.9 Å². The number of carbonyl (C=O) groups is 1. The number of nitrogens with one attached hydrogen (secondary N) is 2. The molecule has 1 fully saturated rings. The van der Waals surface area contributed by atoms with Gasteiger partial charge in [-0.15, -0.1) is 24.8 Å². The topological polar surface area (TPSA) is 68.2 Å². The lowest BCUT2D eigenvalue weighted by atomic mass is 9.78. The Hall–Kier alpha value is -2.12. The molecule has 4 rings (SSSR count). The zero-order valence-corrected chi connectivity index (χ0v) is 17.9. The van der Waals surface area contributed by atoms with Crippen molar-refractivity contribution in [3.8, 4) is 5.69 Å². The maximum atomic E-state index is 12.9. The van der Waals surface area contributed by atoms with Crippen LogP contribution in [0.25, 0.3) is 16.7 Å². The predicted octanol–water partition coefficient (Wildman–Crippen LogP) is 3.82. The first-order valence-electron chi connectivity index (χ1n) is 9.25.